The van der Waals surface area contributed by atoms with Gasteiger partial charge in [0.25, 0.3) is 0 Å². The van der Waals surface area contributed by atoms with Crippen LogP contribution in [-0.2, 0) is 14.3 Å². The Morgan fingerprint density at radius 2 is 1.36 bits per heavy atom. The van der Waals surface area contributed by atoms with Crippen LogP contribution in [0.15, 0.2) is 12.2 Å². The first-order valence-corrected chi connectivity index (χ1v) is 3.34. The number of hydrogen-bond acceptors (Lipinski definition) is 3. The molecule has 1 rings (SSSR count). The van der Waals surface area contributed by atoms with Crippen molar-refractivity contribution in [3.05, 3.63) is 12.2 Å². The van der Waals surface area contributed by atoms with Crippen LogP contribution in [0.3, 0.4) is 0 Å². The third kappa shape index (κ3) is 5.48. The maximum atomic E-state index is 10.4. The Hall–Kier alpha value is -0.960. The Balaban J connectivity index is 0.000000292. The van der Waals surface area contributed by atoms with Gasteiger partial charge in [0, 0.05) is 27.1 Å². The van der Waals surface area contributed by atoms with E-state index in [9.17, 15) is 9.59 Å². The Morgan fingerprint density at radius 3 is 1.55 bits per heavy atom. The van der Waals surface area contributed by atoms with Gasteiger partial charge in [0.15, 0.2) is 11.6 Å². The fraction of sp³-hybridized carbons (Fsp3) is 0.500. The molecule has 0 atom stereocenters. The lowest BCUT2D eigenvalue weighted by Gasteiger charge is -1.96. The van der Waals surface area contributed by atoms with Crippen LogP contribution in [0.4, 0.5) is 0 Å². The van der Waals surface area contributed by atoms with Crippen LogP contribution < -0.4 is 0 Å². The molecular formula is C8H12O3. The summed E-state index contributed by atoms with van der Waals surface area (Å²) in [5, 5.41) is 0. The summed E-state index contributed by atoms with van der Waals surface area (Å²) in [5.74, 6) is 0.120. The molecular weight excluding hydrogens is 144 g/mol. The number of methoxy groups -OCH3 is 1. The number of ether oxygens (including phenoxy) is 1. The molecule has 0 heterocycles. The van der Waals surface area contributed by atoms with Gasteiger partial charge in [0.1, 0.15) is 0 Å². The zero-order chi connectivity index (χ0) is 8.69. The van der Waals surface area contributed by atoms with Crippen molar-refractivity contribution in [2.45, 2.75) is 12.8 Å². The highest BCUT2D eigenvalue weighted by Crippen LogP contribution is 2.00. The van der Waals surface area contributed by atoms with Crippen molar-refractivity contribution < 1.29 is 14.3 Å². The van der Waals surface area contributed by atoms with Crippen LogP contribution in [-0.4, -0.2) is 25.8 Å². The van der Waals surface area contributed by atoms with Crippen LogP contribution in [0.1, 0.15) is 12.8 Å². The van der Waals surface area contributed by atoms with Crippen molar-refractivity contribution in [2.24, 2.45) is 0 Å². The van der Waals surface area contributed by atoms with E-state index in [-0.39, 0.29) is 11.6 Å². The van der Waals surface area contributed by atoms with E-state index in [1.165, 1.54) is 12.2 Å². The van der Waals surface area contributed by atoms with Crippen molar-refractivity contribution in [2.75, 3.05) is 14.2 Å². The molecule has 0 spiro atoms. The standard InChI is InChI=1S/C6H6O2.C2H6O/c7-5-1-2-6(8)4-3-5;1-3-2/h1-2H,3-4H2;1-2H3. The van der Waals surface area contributed by atoms with Crippen molar-refractivity contribution >= 4 is 11.6 Å². The van der Waals surface area contributed by atoms with Gasteiger partial charge < -0.3 is 4.74 Å². The largest absolute Gasteiger partial charge is 0.388 e. The lowest BCUT2D eigenvalue weighted by molar-refractivity contribution is -0.121. The molecule has 3 nitrogen and oxygen atoms in total. The fourth-order valence-corrected chi connectivity index (χ4v) is 0.599. The van der Waals surface area contributed by atoms with Crippen molar-refractivity contribution in [1.82, 2.24) is 0 Å². The first kappa shape index (κ1) is 10.0. The Bertz CT molecular complexity index is 152. The van der Waals surface area contributed by atoms with Crippen LogP contribution in [0.5, 0.6) is 0 Å². The number of carbonyl (C=O) groups excluding carboxylic acids is 2. The zero-order valence-electron chi connectivity index (χ0n) is 6.79. The average Bonchev–Trinajstić information content (AvgIpc) is 1.97. The van der Waals surface area contributed by atoms with Crippen LogP contribution in [0.2, 0.25) is 0 Å². The molecule has 3 heteroatoms. The van der Waals surface area contributed by atoms with Gasteiger partial charge in [-0.1, -0.05) is 0 Å². The van der Waals surface area contributed by atoms with E-state index < -0.39 is 0 Å². The van der Waals surface area contributed by atoms with Gasteiger partial charge in [-0.2, -0.15) is 0 Å². The SMILES string of the molecule is COC.O=C1C=CC(=O)CC1. The second kappa shape index (κ2) is 5.80. The van der Waals surface area contributed by atoms with Crippen LogP contribution >= 0.6 is 0 Å². The highest BCUT2D eigenvalue weighted by Gasteiger charge is 2.06. The van der Waals surface area contributed by atoms with E-state index in [0.29, 0.717) is 12.8 Å². The quantitative estimate of drug-likeness (QED) is 0.519. The molecule has 0 fully saturated rings. The van der Waals surface area contributed by atoms with Gasteiger partial charge in [-0.25, -0.2) is 0 Å². The molecule has 1 aliphatic rings. The smallest absolute Gasteiger partial charge is 0.156 e. The Morgan fingerprint density at radius 1 is 1.09 bits per heavy atom. The first-order chi connectivity index (χ1) is 5.20. The topological polar surface area (TPSA) is 43.4 Å². The number of hydrogen-bond donors (Lipinski definition) is 0. The lowest BCUT2D eigenvalue weighted by atomic mass is 10.1. The van der Waals surface area contributed by atoms with Crippen molar-refractivity contribution in [1.29, 1.82) is 0 Å². The number of rotatable bonds is 0. The molecule has 11 heavy (non-hydrogen) atoms. The van der Waals surface area contributed by atoms with Crippen LogP contribution in [0.25, 0.3) is 0 Å². The van der Waals surface area contributed by atoms with E-state index in [1.54, 1.807) is 14.2 Å². The molecule has 0 N–H and O–H groups in total. The van der Waals surface area contributed by atoms with Crippen LogP contribution in [0, 0.1) is 0 Å². The summed E-state index contributed by atoms with van der Waals surface area (Å²) in [6.07, 6.45) is 3.47. The zero-order valence-corrected chi connectivity index (χ0v) is 6.79. The van der Waals surface area contributed by atoms with E-state index in [4.69, 9.17) is 0 Å². The Labute approximate surface area is 66.0 Å². The van der Waals surface area contributed by atoms with Crippen molar-refractivity contribution in [3.63, 3.8) is 0 Å². The third-order valence-electron chi connectivity index (χ3n) is 1.07. The number of allylic oxidation sites excluding steroid dienone is 2. The highest BCUT2D eigenvalue weighted by atomic mass is 16.4. The van der Waals surface area contributed by atoms with Gasteiger partial charge in [0.2, 0.25) is 0 Å². The van der Waals surface area contributed by atoms with Gasteiger partial charge in [-0.15, -0.1) is 0 Å². The summed E-state index contributed by atoms with van der Waals surface area (Å²) in [5.41, 5.74) is 0. The second-order valence-electron chi connectivity index (χ2n) is 2.17. The molecule has 0 aromatic carbocycles. The molecule has 0 aromatic heterocycles. The van der Waals surface area contributed by atoms with Gasteiger partial charge >= 0.3 is 0 Å². The summed E-state index contributed by atoms with van der Waals surface area (Å²) < 4.78 is 4.25. The van der Waals surface area contributed by atoms with E-state index in [2.05, 4.69) is 4.74 Å². The minimum absolute atomic E-state index is 0.0598. The molecule has 0 aromatic rings. The summed E-state index contributed by atoms with van der Waals surface area (Å²) in [6, 6.07) is 0. The minimum atomic E-state index is 0.0598. The molecule has 0 unspecified atom stereocenters. The van der Waals surface area contributed by atoms with E-state index >= 15 is 0 Å². The van der Waals surface area contributed by atoms with E-state index in [0.717, 1.165) is 0 Å². The molecule has 0 saturated carbocycles. The number of carbonyl (C=O) groups is 2. The third-order valence-corrected chi connectivity index (χ3v) is 1.07. The maximum Gasteiger partial charge on any atom is 0.156 e. The summed E-state index contributed by atoms with van der Waals surface area (Å²) in [6.45, 7) is 0. The molecule has 62 valence electrons. The molecule has 0 amide bonds. The predicted molar refractivity (Wildman–Crippen MR) is 41.3 cm³/mol. The first-order valence-electron chi connectivity index (χ1n) is 3.34. The normalized spacial score (nSPS) is 15.8. The van der Waals surface area contributed by atoms with Gasteiger partial charge in [-0.05, 0) is 12.2 Å². The molecule has 0 bridgehead atoms. The summed E-state index contributed by atoms with van der Waals surface area (Å²) in [7, 11) is 3.25. The van der Waals surface area contributed by atoms with Gasteiger partial charge in [0.05, 0.1) is 0 Å². The second-order valence-corrected chi connectivity index (χ2v) is 2.17. The number of ketones is 2. The average molecular weight is 156 g/mol. The summed E-state index contributed by atoms with van der Waals surface area (Å²) >= 11 is 0. The monoisotopic (exact) mass is 156 g/mol. The highest BCUT2D eigenvalue weighted by molar-refractivity contribution is 6.04. The molecule has 0 aliphatic heterocycles. The van der Waals surface area contributed by atoms with Crippen molar-refractivity contribution in [3.8, 4) is 0 Å². The fourth-order valence-electron chi connectivity index (χ4n) is 0.599. The molecule has 0 saturated heterocycles. The Kier molecular flexibility index (Phi) is 5.29. The minimum Gasteiger partial charge on any atom is -0.388 e. The molecule has 1 aliphatic carbocycles. The lowest BCUT2D eigenvalue weighted by Crippen LogP contribution is -2.05. The van der Waals surface area contributed by atoms with E-state index in [1.807, 2.05) is 0 Å². The van der Waals surface area contributed by atoms with Gasteiger partial charge in [-0.3, -0.25) is 9.59 Å². The predicted octanol–water partition coefficient (Wildman–Crippen LogP) is 0.737. The summed E-state index contributed by atoms with van der Waals surface area (Å²) in [4.78, 5) is 20.7. The molecule has 0 radical (unpaired) electrons. The maximum absolute atomic E-state index is 10.4.